The molecule has 0 atom stereocenters. The van der Waals surface area contributed by atoms with Gasteiger partial charge in [0.15, 0.2) is 0 Å². The molecule has 1 aliphatic rings. The van der Waals surface area contributed by atoms with Crippen LogP contribution in [0.3, 0.4) is 0 Å². The number of amides is 2. The van der Waals surface area contributed by atoms with Crippen molar-refractivity contribution in [3.8, 4) is 0 Å². The van der Waals surface area contributed by atoms with Gasteiger partial charge in [0.25, 0.3) is 5.91 Å². The number of rotatable bonds is 4. The molecule has 29 heavy (non-hydrogen) atoms. The summed E-state index contributed by atoms with van der Waals surface area (Å²) in [6, 6.07) is 20.8. The van der Waals surface area contributed by atoms with Crippen LogP contribution in [-0.2, 0) is 17.6 Å². The van der Waals surface area contributed by atoms with Crippen molar-refractivity contribution >= 4 is 23.2 Å². The monoisotopic (exact) mass is 388 g/mol. The lowest BCUT2D eigenvalue weighted by molar-refractivity contribution is -0.115. The van der Waals surface area contributed by atoms with Gasteiger partial charge in [-0.25, -0.2) is 4.39 Å². The summed E-state index contributed by atoms with van der Waals surface area (Å²) in [6.07, 6.45) is 1.91. The first-order valence-corrected chi connectivity index (χ1v) is 9.64. The number of hydrogen-bond acceptors (Lipinski definition) is 2. The summed E-state index contributed by atoms with van der Waals surface area (Å²) in [5.74, 6) is -0.498. The van der Waals surface area contributed by atoms with Crippen molar-refractivity contribution in [2.24, 2.45) is 0 Å². The molecule has 0 radical (unpaired) electrons. The Balaban J connectivity index is 1.48. The third kappa shape index (κ3) is 4.35. The molecule has 4 rings (SSSR count). The maximum absolute atomic E-state index is 13.0. The summed E-state index contributed by atoms with van der Waals surface area (Å²) in [5, 5.41) is 2.89. The van der Waals surface area contributed by atoms with Gasteiger partial charge in [-0.3, -0.25) is 9.59 Å². The predicted molar refractivity (Wildman–Crippen MR) is 112 cm³/mol. The highest BCUT2D eigenvalue weighted by Crippen LogP contribution is 2.31. The van der Waals surface area contributed by atoms with Gasteiger partial charge in [0.1, 0.15) is 5.82 Å². The van der Waals surface area contributed by atoms with Crippen LogP contribution in [0.25, 0.3) is 0 Å². The van der Waals surface area contributed by atoms with E-state index in [0.29, 0.717) is 17.8 Å². The highest BCUT2D eigenvalue weighted by Gasteiger charge is 2.23. The van der Waals surface area contributed by atoms with Gasteiger partial charge in [0.2, 0.25) is 5.91 Å². The molecule has 0 bridgehead atoms. The zero-order chi connectivity index (χ0) is 20.2. The van der Waals surface area contributed by atoms with Gasteiger partial charge < -0.3 is 10.2 Å². The van der Waals surface area contributed by atoms with Gasteiger partial charge >= 0.3 is 0 Å². The average molecular weight is 388 g/mol. The van der Waals surface area contributed by atoms with E-state index >= 15 is 0 Å². The van der Waals surface area contributed by atoms with Crippen LogP contribution in [0, 0.1) is 5.82 Å². The Hall–Kier alpha value is -3.47. The molecule has 0 saturated carbocycles. The Morgan fingerprint density at radius 2 is 1.72 bits per heavy atom. The number of carbonyl (C=O) groups is 2. The molecule has 0 spiro atoms. The minimum atomic E-state index is -0.321. The van der Waals surface area contributed by atoms with Crippen molar-refractivity contribution in [3.63, 3.8) is 0 Å². The lowest BCUT2D eigenvalue weighted by Gasteiger charge is -2.30. The smallest absolute Gasteiger partial charge is 0.258 e. The van der Waals surface area contributed by atoms with E-state index in [9.17, 15) is 14.0 Å². The molecule has 5 heteroatoms. The number of nitrogens with one attached hydrogen (secondary N) is 1. The van der Waals surface area contributed by atoms with Crippen molar-refractivity contribution in [2.45, 2.75) is 19.3 Å². The highest BCUT2D eigenvalue weighted by molar-refractivity contribution is 6.07. The number of benzene rings is 3. The molecule has 1 heterocycles. The molecule has 146 valence electrons. The summed E-state index contributed by atoms with van der Waals surface area (Å²) >= 11 is 0. The normalized spacial score (nSPS) is 12.9. The number of anilines is 2. The predicted octanol–water partition coefficient (Wildman–Crippen LogP) is 4.60. The van der Waals surface area contributed by atoms with E-state index in [1.54, 1.807) is 17.0 Å². The van der Waals surface area contributed by atoms with Gasteiger partial charge in [0, 0.05) is 23.5 Å². The largest absolute Gasteiger partial charge is 0.326 e. The molecule has 0 saturated heterocycles. The van der Waals surface area contributed by atoms with Crippen LogP contribution in [0.1, 0.15) is 27.9 Å². The summed E-state index contributed by atoms with van der Waals surface area (Å²) in [5.41, 5.74) is 4.05. The van der Waals surface area contributed by atoms with Crippen LogP contribution in [0.4, 0.5) is 15.8 Å². The van der Waals surface area contributed by atoms with Crippen LogP contribution < -0.4 is 10.2 Å². The average Bonchev–Trinajstić information content (AvgIpc) is 2.75. The summed E-state index contributed by atoms with van der Waals surface area (Å²) < 4.78 is 13.0. The first kappa shape index (κ1) is 18.9. The molecule has 1 N–H and O–H groups in total. The quantitative estimate of drug-likeness (QED) is 0.710. The minimum absolute atomic E-state index is 0.0142. The standard InChI is InChI=1S/C24H21FN2O2/c25-20-10-8-17(9-11-20)15-23(28)26-21-12-13-22-19(16-21)7-4-14-27(22)24(29)18-5-2-1-3-6-18/h1-3,5-6,8-13,16H,4,7,14-15H2,(H,26,28). The number of fused-ring (bicyclic) bond motifs is 1. The second-order valence-corrected chi connectivity index (χ2v) is 7.12. The molecule has 0 aliphatic carbocycles. The molecule has 0 aromatic heterocycles. The van der Waals surface area contributed by atoms with Crippen LogP contribution in [0.5, 0.6) is 0 Å². The molecule has 1 aliphatic heterocycles. The van der Waals surface area contributed by atoms with Crippen molar-refractivity contribution in [1.82, 2.24) is 0 Å². The second-order valence-electron chi connectivity index (χ2n) is 7.12. The molecular weight excluding hydrogens is 367 g/mol. The van der Waals surface area contributed by atoms with Gasteiger partial charge in [-0.15, -0.1) is 0 Å². The van der Waals surface area contributed by atoms with E-state index in [2.05, 4.69) is 5.32 Å². The van der Waals surface area contributed by atoms with Crippen molar-refractivity contribution < 1.29 is 14.0 Å². The zero-order valence-electron chi connectivity index (χ0n) is 15.9. The van der Waals surface area contributed by atoms with Gasteiger partial charge in [0.05, 0.1) is 6.42 Å². The fraction of sp³-hybridized carbons (Fsp3) is 0.167. The van der Waals surface area contributed by atoms with E-state index < -0.39 is 0 Å². The molecule has 0 unspecified atom stereocenters. The van der Waals surface area contributed by atoms with Crippen LogP contribution >= 0.6 is 0 Å². The number of nitrogens with zero attached hydrogens (tertiary/aromatic N) is 1. The summed E-state index contributed by atoms with van der Waals surface area (Å²) in [7, 11) is 0. The maximum atomic E-state index is 13.0. The highest BCUT2D eigenvalue weighted by atomic mass is 19.1. The molecule has 2 amide bonds. The lowest BCUT2D eigenvalue weighted by atomic mass is 10.00. The van der Waals surface area contributed by atoms with Gasteiger partial charge in [-0.2, -0.15) is 0 Å². The van der Waals surface area contributed by atoms with Crippen molar-refractivity contribution in [3.05, 3.63) is 95.3 Å². The Morgan fingerprint density at radius 1 is 0.966 bits per heavy atom. The summed E-state index contributed by atoms with van der Waals surface area (Å²) in [6.45, 7) is 0.678. The third-order valence-electron chi connectivity index (χ3n) is 5.03. The second kappa shape index (κ2) is 8.27. The zero-order valence-corrected chi connectivity index (χ0v) is 15.9. The first-order valence-electron chi connectivity index (χ1n) is 9.64. The fourth-order valence-electron chi connectivity index (χ4n) is 3.62. The topological polar surface area (TPSA) is 49.4 Å². The van der Waals surface area contributed by atoms with Gasteiger partial charge in [-0.1, -0.05) is 30.3 Å². The number of carbonyl (C=O) groups excluding carboxylic acids is 2. The van der Waals surface area contributed by atoms with E-state index in [-0.39, 0.29) is 24.1 Å². The SMILES string of the molecule is O=C(Cc1ccc(F)cc1)Nc1ccc2c(c1)CCCN2C(=O)c1ccccc1. The molecule has 3 aromatic rings. The van der Waals surface area contributed by atoms with Crippen LogP contribution in [-0.4, -0.2) is 18.4 Å². The minimum Gasteiger partial charge on any atom is -0.326 e. The third-order valence-corrected chi connectivity index (χ3v) is 5.03. The number of aryl methyl sites for hydroxylation is 1. The van der Waals surface area contributed by atoms with Gasteiger partial charge in [-0.05, 0) is 66.4 Å². The van der Waals surface area contributed by atoms with E-state index in [4.69, 9.17) is 0 Å². The lowest BCUT2D eigenvalue weighted by Crippen LogP contribution is -2.35. The fourth-order valence-corrected chi connectivity index (χ4v) is 3.62. The summed E-state index contributed by atoms with van der Waals surface area (Å²) in [4.78, 5) is 27.0. The molecule has 4 nitrogen and oxygen atoms in total. The van der Waals surface area contributed by atoms with Crippen molar-refractivity contribution in [2.75, 3.05) is 16.8 Å². The van der Waals surface area contributed by atoms with E-state index in [1.165, 1.54) is 12.1 Å². The van der Waals surface area contributed by atoms with Crippen LogP contribution in [0.2, 0.25) is 0 Å². The Labute approximate surface area is 169 Å². The van der Waals surface area contributed by atoms with Crippen molar-refractivity contribution in [1.29, 1.82) is 0 Å². The Bertz CT molecular complexity index is 1030. The van der Waals surface area contributed by atoms with E-state index in [1.807, 2.05) is 48.5 Å². The number of hydrogen-bond donors (Lipinski definition) is 1. The molecule has 3 aromatic carbocycles. The van der Waals surface area contributed by atoms with E-state index in [0.717, 1.165) is 29.7 Å². The number of halogens is 1. The van der Waals surface area contributed by atoms with Crippen LogP contribution in [0.15, 0.2) is 72.8 Å². The molecule has 0 fully saturated rings. The molecular formula is C24H21FN2O2. The maximum Gasteiger partial charge on any atom is 0.258 e. The Kier molecular flexibility index (Phi) is 5.38. The Morgan fingerprint density at radius 3 is 2.48 bits per heavy atom. The first-order chi connectivity index (χ1) is 14.1.